The van der Waals surface area contributed by atoms with Gasteiger partial charge in [-0.2, -0.15) is 0 Å². The van der Waals surface area contributed by atoms with Gasteiger partial charge in [-0.15, -0.1) is 0 Å². The van der Waals surface area contributed by atoms with Gasteiger partial charge in [-0.3, -0.25) is 4.79 Å². The predicted molar refractivity (Wildman–Crippen MR) is 106 cm³/mol. The van der Waals surface area contributed by atoms with E-state index in [2.05, 4.69) is 14.3 Å². The number of rotatable bonds is 6. The van der Waals surface area contributed by atoms with Gasteiger partial charge in [0, 0.05) is 37.1 Å². The van der Waals surface area contributed by atoms with Crippen molar-refractivity contribution < 1.29 is 17.6 Å². The first-order chi connectivity index (χ1) is 14.0. The maximum Gasteiger partial charge on any atom is 0.253 e. The Bertz CT molecular complexity index is 1040. The molecule has 1 aromatic carbocycles. The van der Waals surface area contributed by atoms with Crippen LogP contribution in [0.3, 0.4) is 0 Å². The Balaban J connectivity index is 1.36. The molecule has 1 aliphatic rings. The number of piperidine rings is 1. The second-order valence-electron chi connectivity index (χ2n) is 6.96. The fourth-order valence-electron chi connectivity index (χ4n) is 3.47. The standard InChI is InChI=1S/C20H22N4O4S/c25-20(23-10-7-17(8-11-23)24-12-9-21-15-24)16-3-5-19(6-4-16)29(26,27)22-14-18-2-1-13-28-18/h1-6,9,12-13,15,17,22H,7-8,10-11,14H2. The van der Waals surface area contributed by atoms with Crippen LogP contribution in [0.2, 0.25) is 0 Å². The van der Waals surface area contributed by atoms with Gasteiger partial charge in [0.05, 0.1) is 24.0 Å². The molecule has 3 heterocycles. The third kappa shape index (κ3) is 4.41. The van der Waals surface area contributed by atoms with Gasteiger partial charge in [0.1, 0.15) is 5.76 Å². The third-order valence-corrected chi connectivity index (χ3v) is 6.54. The summed E-state index contributed by atoms with van der Waals surface area (Å²) in [6.07, 6.45) is 8.73. The summed E-state index contributed by atoms with van der Waals surface area (Å²) in [6.45, 7) is 1.39. The lowest BCUT2D eigenvalue weighted by atomic mass is 10.0. The van der Waals surface area contributed by atoms with E-state index >= 15 is 0 Å². The number of nitrogens with one attached hydrogen (secondary N) is 1. The van der Waals surface area contributed by atoms with Crippen LogP contribution in [0.25, 0.3) is 0 Å². The number of amides is 1. The van der Waals surface area contributed by atoms with E-state index in [9.17, 15) is 13.2 Å². The molecule has 29 heavy (non-hydrogen) atoms. The van der Waals surface area contributed by atoms with Crippen LogP contribution in [0.1, 0.15) is 35.0 Å². The lowest BCUT2D eigenvalue weighted by Gasteiger charge is -2.32. The summed E-state index contributed by atoms with van der Waals surface area (Å²) in [4.78, 5) is 18.8. The normalized spacial score (nSPS) is 15.5. The third-order valence-electron chi connectivity index (χ3n) is 5.13. The van der Waals surface area contributed by atoms with Crippen molar-refractivity contribution in [2.75, 3.05) is 13.1 Å². The van der Waals surface area contributed by atoms with Crippen molar-refractivity contribution in [3.8, 4) is 0 Å². The molecule has 0 radical (unpaired) electrons. The molecule has 1 amide bonds. The van der Waals surface area contributed by atoms with Crippen LogP contribution < -0.4 is 4.72 Å². The molecule has 9 heteroatoms. The van der Waals surface area contributed by atoms with E-state index in [1.165, 1.54) is 18.4 Å². The first-order valence-corrected chi connectivity index (χ1v) is 10.9. The van der Waals surface area contributed by atoms with Crippen molar-refractivity contribution in [1.29, 1.82) is 0 Å². The molecule has 152 valence electrons. The highest BCUT2D eigenvalue weighted by Gasteiger charge is 2.24. The second kappa shape index (κ2) is 8.22. The lowest BCUT2D eigenvalue weighted by Crippen LogP contribution is -2.38. The minimum absolute atomic E-state index is 0.0713. The lowest BCUT2D eigenvalue weighted by molar-refractivity contribution is 0.0694. The molecule has 1 saturated heterocycles. The van der Waals surface area contributed by atoms with Crippen LogP contribution in [0.15, 0.2) is 70.7 Å². The largest absolute Gasteiger partial charge is 0.468 e. The van der Waals surface area contributed by atoms with E-state index in [0.29, 0.717) is 30.5 Å². The van der Waals surface area contributed by atoms with Gasteiger partial charge in [0.15, 0.2) is 0 Å². The highest BCUT2D eigenvalue weighted by Crippen LogP contribution is 2.23. The number of hydrogen-bond donors (Lipinski definition) is 1. The molecule has 0 atom stereocenters. The first-order valence-electron chi connectivity index (χ1n) is 9.42. The predicted octanol–water partition coefficient (Wildman–Crippen LogP) is 2.43. The van der Waals surface area contributed by atoms with Gasteiger partial charge in [-0.25, -0.2) is 18.1 Å². The zero-order valence-corrected chi connectivity index (χ0v) is 16.6. The molecule has 2 aromatic heterocycles. The fourth-order valence-corrected chi connectivity index (χ4v) is 4.47. The average Bonchev–Trinajstić information content (AvgIpc) is 3.46. The summed E-state index contributed by atoms with van der Waals surface area (Å²) in [7, 11) is -3.68. The molecule has 0 spiro atoms. The van der Waals surface area contributed by atoms with Crippen molar-refractivity contribution >= 4 is 15.9 Å². The number of furan rings is 1. The van der Waals surface area contributed by atoms with E-state index < -0.39 is 10.0 Å². The maximum atomic E-state index is 12.8. The van der Waals surface area contributed by atoms with Gasteiger partial charge in [-0.1, -0.05) is 0 Å². The summed E-state index contributed by atoms with van der Waals surface area (Å²) in [5.41, 5.74) is 0.482. The number of aromatic nitrogens is 2. The molecule has 0 bridgehead atoms. The molecule has 0 saturated carbocycles. The van der Waals surface area contributed by atoms with Crippen LogP contribution in [-0.4, -0.2) is 41.9 Å². The molecule has 1 fully saturated rings. The van der Waals surface area contributed by atoms with Crippen LogP contribution in [0.5, 0.6) is 0 Å². The van der Waals surface area contributed by atoms with Gasteiger partial charge in [0.2, 0.25) is 10.0 Å². The summed E-state index contributed by atoms with van der Waals surface area (Å²) in [6, 6.07) is 9.78. The molecule has 3 aromatic rings. The molecule has 1 aliphatic heterocycles. The smallest absolute Gasteiger partial charge is 0.253 e. The van der Waals surface area contributed by atoms with Crippen LogP contribution in [0, 0.1) is 0 Å². The fraction of sp³-hybridized carbons (Fsp3) is 0.300. The number of carbonyl (C=O) groups excluding carboxylic acids is 1. The Morgan fingerprint density at radius 2 is 1.93 bits per heavy atom. The Kier molecular flexibility index (Phi) is 5.50. The molecule has 0 unspecified atom stereocenters. The van der Waals surface area contributed by atoms with Gasteiger partial charge < -0.3 is 13.9 Å². The van der Waals surface area contributed by atoms with Crippen molar-refractivity contribution in [3.63, 3.8) is 0 Å². The highest BCUT2D eigenvalue weighted by atomic mass is 32.2. The molecule has 0 aliphatic carbocycles. The van der Waals surface area contributed by atoms with Crippen LogP contribution >= 0.6 is 0 Å². The van der Waals surface area contributed by atoms with E-state index in [-0.39, 0.29) is 17.3 Å². The number of imidazole rings is 1. The van der Waals surface area contributed by atoms with Gasteiger partial charge in [0.25, 0.3) is 5.91 Å². The number of nitrogens with zero attached hydrogens (tertiary/aromatic N) is 3. The van der Waals surface area contributed by atoms with Crippen molar-refractivity contribution in [1.82, 2.24) is 19.2 Å². The topological polar surface area (TPSA) is 97.4 Å². The Hall–Kier alpha value is -2.91. The zero-order valence-electron chi connectivity index (χ0n) is 15.8. The summed E-state index contributed by atoms with van der Waals surface area (Å²) in [5.74, 6) is 0.445. The Morgan fingerprint density at radius 3 is 2.55 bits per heavy atom. The summed E-state index contributed by atoms with van der Waals surface area (Å²) < 4.78 is 34.5. The van der Waals surface area contributed by atoms with Crippen LogP contribution in [-0.2, 0) is 16.6 Å². The van der Waals surface area contributed by atoms with Gasteiger partial charge >= 0.3 is 0 Å². The van der Waals surface area contributed by atoms with E-state index in [1.54, 1.807) is 36.8 Å². The van der Waals surface area contributed by atoms with E-state index in [1.807, 2.05) is 11.1 Å². The number of sulfonamides is 1. The highest BCUT2D eigenvalue weighted by molar-refractivity contribution is 7.89. The van der Waals surface area contributed by atoms with E-state index in [0.717, 1.165) is 12.8 Å². The summed E-state index contributed by atoms with van der Waals surface area (Å²) >= 11 is 0. The second-order valence-corrected chi connectivity index (χ2v) is 8.73. The van der Waals surface area contributed by atoms with Crippen molar-refractivity contribution in [2.24, 2.45) is 0 Å². The first kappa shape index (κ1) is 19.4. The van der Waals surface area contributed by atoms with Crippen molar-refractivity contribution in [2.45, 2.75) is 30.3 Å². The Morgan fingerprint density at radius 1 is 1.17 bits per heavy atom. The summed E-state index contributed by atoms with van der Waals surface area (Å²) in [5, 5.41) is 0. The number of carbonyl (C=O) groups is 1. The molecular weight excluding hydrogens is 392 g/mol. The van der Waals surface area contributed by atoms with Gasteiger partial charge in [-0.05, 0) is 49.2 Å². The minimum Gasteiger partial charge on any atom is -0.468 e. The zero-order chi connectivity index (χ0) is 20.3. The molecule has 4 rings (SSSR count). The Labute approximate surface area is 169 Å². The SMILES string of the molecule is O=C(c1ccc(S(=O)(=O)NCc2ccco2)cc1)N1CCC(n2ccnc2)CC1. The molecule has 1 N–H and O–H groups in total. The van der Waals surface area contributed by atoms with E-state index in [4.69, 9.17) is 4.42 Å². The number of likely N-dealkylation sites (tertiary alicyclic amines) is 1. The van der Waals surface area contributed by atoms with Crippen LogP contribution in [0.4, 0.5) is 0 Å². The number of benzene rings is 1. The molecule has 8 nitrogen and oxygen atoms in total. The monoisotopic (exact) mass is 414 g/mol. The quantitative estimate of drug-likeness (QED) is 0.668. The minimum atomic E-state index is -3.68. The average molecular weight is 414 g/mol. The molecular formula is C20H22N4O4S. The van der Waals surface area contributed by atoms with Crippen molar-refractivity contribution in [3.05, 3.63) is 72.7 Å². The number of hydrogen-bond acceptors (Lipinski definition) is 5. The maximum absolute atomic E-state index is 12.8.